The molecule has 3 heterocycles. The Kier molecular flexibility index (Phi) is 4.33. The molecule has 1 aliphatic heterocycles. The molecule has 6 nitrogen and oxygen atoms in total. The van der Waals surface area contributed by atoms with Gasteiger partial charge in [-0.05, 0) is 59.7 Å². The predicted molar refractivity (Wildman–Crippen MR) is 118 cm³/mol. The highest BCUT2D eigenvalue weighted by Crippen LogP contribution is 2.21. The average Bonchev–Trinajstić information content (AvgIpc) is 3.37. The van der Waals surface area contributed by atoms with Crippen LogP contribution in [0.1, 0.15) is 17.5 Å². The van der Waals surface area contributed by atoms with Crippen LogP contribution in [0.5, 0.6) is 0 Å². The van der Waals surface area contributed by atoms with Crippen LogP contribution >= 0.6 is 0 Å². The second-order valence-electron chi connectivity index (χ2n) is 7.57. The number of para-hydroxylation sites is 1. The van der Waals surface area contributed by atoms with E-state index in [0.29, 0.717) is 12.5 Å². The minimum Gasteiger partial charge on any atom is -0.361 e. The summed E-state index contributed by atoms with van der Waals surface area (Å²) in [5.41, 5.74) is 10.7. The molecule has 29 heavy (non-hydrogen) atoms. The Morgan fingerprint density at radius 2 is 1.93 bits per heavy atom. The van der Waals surface area contributed by atoms with Crippen molar-refractivity contribution < 1.29 is 0 Å². The van der Waals surface area contributed by atoms with Crippen molar-refractivity contribution in [3.63, 3.8) is 0 Å². The molecule has 4 aromatic rings. The number of rotatable bonds is 5. The number of nitrogens with one attached hydrogen (secondary N) is 4. The topological polar surface area (TPSA) is 94.0 Å². The van der Waals surface area contributed by atoms with E-state index in [1.165, 1.54) is 16.3 Å². The molecule has 5 rings (SSSR count). The van der Waals surface area contributed by atoms with Gasteiger partial charge in [0.2, 0.25) is 0 Å². The van der Waals surface area contributed by atoms with E-state index in [-0.39, 0.29) is 0 Å². The van der Waals surface area contributed by atoms with Gasteiger partial charge in [-0.15, -0.1) is 0 Å². The fourth-order valence-electron chi connectivity index (χ4n) is 3.85. The van der Waals surface area contributed by atoms with Gasteiger partial charge in [-0.2, -0.15) is 0 Å². The maximum atomic E-state index is 6.61. The van der Waals surface area contributed by atoms with Crippen molar-refractivity contribution in [2.45, 2.75) is 25.0 Å². The lowest BCUT2D eigenvalue weighted by Crippen LogP contribution is -2.60. The molecule has 0 aliphatic carbocycles. The molecule has 0 radical (unpaired) electrons. The summed E-state index contributed by atoms with van der Waals surface area (Å²) in [6.07, 6.45) is 9.50. The Labute approximate surface area is 168 Å². The van der Waals surface area contributed by atoms with Crippen LogP contribution in [0.25, 0.3) is 21.8 Å². The zero-order valence-electron chi connectivity index (χ0n) is 16.1. The summed E-state index contributed by atoms with van der Waals surface area (Å²) < 4.78 is 0. The fourth-order valence-corrected chi connectivity index (χ4v) is 3.85. The SMILES string of the molecule is NC1(CCc2c[nH]c3ccccc23)C=CNC(=NCc2ccc3[nH]ccc3c2)N1. The van der Waals surface area contributed by atoms with E-state index in [0.717, 1.165) is 29.4 Å². The quantitative estimate of drug-likeness (QED) is 0.364. The van der Waals surface area contributed by atoms with Gasteiger partial charge >= 0.3 is 0 Å². The van der Waals surface area contributed by atoms with E-state index in [9.17, 15) is 0 Å². The molecular formula is C23H24N6. The molecule has 0 amide bonds. The lowest BCUT2D eigenvalue weighted by atomic mass is 9.99. The predicted octanol–water partition coefficient (Wildman–Crippen LogP) is 3.50. The number of guanidine groups is 1. The highest BCUT2D eigenvalue weighted by molar-refractivity contribution is 5.84. The monoisotopic (exact) mass is 384 g/mol. The van der Waals surface area contributed by atoms with E-state index >= 15 is 0 Å². The van der Waals surface area contributed by atoms with Gasteiger partial charge in [-0.25, -0.2) is 4.99 Å². The van der Waals surface area contributed by atoms with Crippen LogP contribution in [0.15, 0.2) is 78.2 Å². The van der Waals surface area contributed by atoms with Crippen molar-refractivity contribution >= 4 is 27.8 Å². The van der Waals surface area contributed by atoms with Gasteiger partial charge in [0.25, 0.3) is 0 Å². The van der Waals surface area contributed by atoms with Gasteiger partial charge < -0.3 is 26.3 Å². The third-order valence-electron chi connectivity index (χ3n) is 5.47. The number of fused-ring (bicyclic) bond motifs is 2. The Morgan fingerprint density at radius 1 is 1.00 bits per heavy atom. The molecule has 146 valence electrons. The van der Waals surface area contributed by atoms with Crippen molar-refractivity contribution in [3.8, 4) is 0 Å². The number of nitrogens with zero attached hydrogens (tertiary/aromatic N) is 1. The van der Waals surface area contributed by atoms with Crippen LogP contribution in [0, 0.1) is 0 Å². The average molecular weight is 384 g/mol. The van der Waals surface area contributed by atoms with Gasteiger partial charge in [0.05, 0.1) is 6.54 Å². The summed E-state index contributed by atoms with van der Waals surface area (Å²) in [6.45, 7) is 0.586. The molecular weight excluding hydrogens is 360 g/mol. The highest BCUT2D eigenvalue weighted by atomic mass is 15.3. The standard InChI is InChI=1S/C23H24N6/c24-23(9-7-18-15-27-21-4-2-1-3-19(18)21)10-12-26-22(29-23)28-14-16-5-6-20-17(13-16)8-11-25-20/h1-6,8,10-13,15,25,27H,7,9,14,24H2,(H2,26,28,29). The van der Waals surface area contributed by atoms with Gasteiger partial charge in [0.15, 0.2) is 5.96 Å². The van der Waals surface area contributed by atoms with E-state index in [1.54, 1.807) is 0 Å². The Hall–Kier alpha value is -3.51. The molecule has 1 atom stereocenters. The molecule has 6 heteroatoms. The summed E-state index contributed by atoms with van der Waals surface area (Å²) in [7, 11) is 0. The number of H-pyrrole nitrogens is 2. The summed E-state index contributed by atoms with van der Waals surface area (Å²) in [4.78, 5) is 11.2. The first-order chi connectivity index (χ1) is 14.2. The highest BCUT2D eigenvalue weighted by Gasteiger charge is 2.25. The van der Waals surface area contributed by atoms with Crippen LogP contribution in [-0.4, -0.2) is 21.6 Å². The largest absolute Gasteiger partial charge is 0.361 e. The number of hydrogen-bond acceptors (Lipinski definition) is 2. The summed E-state index contributed by atoms with van der Waals surface area (Å²) in [5, 5.41) is 8.97. The lowest BCUT2D eigenvalue weighted by Gasteiger charge is -2.32. The van der Waals surface area contributed by atoms with Gasteiger partial charge in [0, 0.05) is 35.0 Å². The maximum absolute atomic E-state index is 6.61. The van der Waals surface area contributed by atoms with Gasteiger partial charge in [-0.1, -0.05) is 24.3 Å². The van der Waals surface area contributed by atoms with Crippen LogP contribution in [0.4, 0.5) is 0 Å². The molecule has 0 bridgehead atoms. The Balaban J connectivity index is 1.27. The molecule has 0 fully saturated rings. The minimum absolute atomic E-state index is 0.586. The van der Waals surface area contributed by atoms with Crippen LogP contribution in [-0.2, 0) is 13.0 Å². The Bertz CT molecular complexity index is 1210. The smallest absolute Gasteiger partial charge is 0.197 e. The molecule has 0 saturated heterocycles. The molecule has 2 aromatic carbocycles. The molecule has 1 aliphatic rings. The summed E-state index contributed by atoms with van der Waals surface area (Å²) in [5.74, 6) is 0.697. The summed E-state index contributed by atoms with van der Waals surface area (Å²) >= 11 is 0. The number of aryl methyl sites for hydroxylation is 1. The molecule has 0 spiro atoms. The second-order valence-corrected chi connectivity index (χ2v) is 7.57. The zero-order chi connectivity index (χ0) is 19.7. The number of aromatic nitrogens is 2. The maximum Gasteiger partial charge on any atom is 0.197 e. The first kappa shape index (κ1) is 17.6. The van der Waals surface area contributed by atoms with Crippen molar-refractivity contribution in [3.05, 3.63) is 84.3 Å². The Morgan fingerprint density at radius 3 is 2.90 bits per heavy atom. The van der Waals surface area contributed by atoms with E-state index in [2.05, 4.69) is 74.3 Å². The number of aliphatic imine (C=N–C) groups is 1. The number of benzene rings is 2. The summed E-state index contributed by atoms with van der Waals surface area (Å²) in [6, 6.07) is 16.7. The van der Waals surface area contributed by atoms with Crippen molar-refractivity contribution in [2.24, 2.45) is 10.7 Å². The van der Waals surface area contributed by atoms with Crippen molar-refractivity contribution in [2.75, 3.05) is 0 Å². The molecule has 6 N–H and O–H groups in total. The molecule has 0 saturated carbocycles. The molecule has 2 aromatic heterocycles. The number of aromatic amines is 2. The van der Waals surface area contributed by atoms with Gasteiger partial charge in [-0.3, -0.25) is 0 Å². The van der Waals surface area contributed by atoms with Crippen molar-refractivity contribution in [1.29, 1.82) is 0 Å². The minimum atomic E-state index is -0.632. The van der Waals surface area contributed by atoms with Crippen LogP contribution < -0.4 is 16.4 Å². The van der Waals surface area contributed by atoms with Crippen LogP contribution in [0.3, 0.4) is 0 Å². The van der Waals surface area contributed by atoms with E-state index in [1.807, 2.05) is 24.5 Å². The van der Waals surface area contributed by atoms with Crippen molar-refractivity contribution in [1.82, 2.24) is 20.6 Å². The second kappa shape index (κ2) is 7.14. The third kappa shape index (κ3) is 3.62. The number of hydrogen-bond donors (Lipinski definition) is 5. The van der Waals surface area contributed by atoms with E-state index in [4.69, 9.17) is 5.73 Å². The van der Waals surface area contributed by atoms with E-state index < -0.39 is 5.66 Å². The number of nitrogens with two attached hydrogens (primary N) is 1. The normalized spacial score (nSPS) is 20.2. The lowest BCUT2D eigenvalue weighted by molar-refractivity contribution is 0.440. The molecule has 1 unspecified atom stereocenters. The van der Waals surface area contributed by atoms with Gasteiger partial charge in [0.1, 0.15) is 5.66 Å². The first-order valence-corrected chi connectivity index (χ1v) is 9.85. The zero-order valence-corrected chi connectivity index (χ0v) is 16.1. The third-order valence-corrected chi connectivity index (χ3v) is 5.47. The first-order valence-electron chi connectivity index (χ1n) is 9.85. The van der Waals surface area contributed by atoms with Crippen LogP contribution in [0.2, 0.25) is 0 Å². The fraction of sp³-hybridized carbons (Fsp3) is 0.174.